The summed E-state index contributed by atoms with van der Waals surface area (Å²) in [6, 6.07) is 0.140. The highest BCUT2D eigenvalue weighted by molar-refractivity contribution is 5.74. The van der Waals surface area contributed by atoms with Gasteiger partial charge in [-0.25, -0.2) is 4.79 Å². The van der Waals surface area contributed by atoms with E-state index in [-0.39, 0.29) is 6.03 Å². The highest BCUT2D eigenvalue weighted by Gasteiger charge is 2.18. The molecule has 0 bridgehead atoms. The lowest BCUT2D eigenvalue weighted by Gasteiger charge is -2.23. The van der Waals surface area contributed by atoms with Gasteiger partial charge in [0.1, 0.15) is 0 Å². The van der Waals surface area contributed by atoms with Crippen molar-refractivity contribution in [3.8, 4) is 0 Å². The third-order valence-corrected chi connectivity index (χ3v) is 3.62. The van der Waals surface area contributed by atoms with E-state index in [1.807, 2.05) is 4.90 Å². The Bertz CT molecular complexity index is 220. The highest BCUT2D eigenvalue weighted by atomic mass is 16.2. The highest BCUT2D eigenvalue weighted by Crippen LogP contribution is 2.13. The van der Waals surface area contributed by atoms with Gasteiger partial charge >= 0.3 is 6.03 Å². The summed E-state index contributed by atoms with van der Waals surface area (Å²) in [6.45, 7) is 5.01. The normalized spacial score (nSPS) is 25.8. The van der Waals surface area contributed by atoms with Crippen LogP contribution in [0.3, 0.4) is 0 Å². The van der Waals surface area contributed by atoms with E-state index >= 15 is 0 Å². The number of nitrogens with zero attached hydrogens (tertiary/aromatic N) is 1. The molecule has 0 aliphatic carbocycles. The lowest BCUT2D eigenvalue weighted by atomic mass is 9.96. The minimum Gasteiger partial charge on any atom is -0.338 e. The SMILES string of the molecule is O=C(NCCC1CCCNC1)N1CCCC1. The van der Waals surface area contributed by atoms with Crippen molar-refractivity contribution in [2.45, 2.75) is 32.1 Å². The Morgan fingerprint density at radius 1 is 1.31 bits per heavy atom. The Morgan fingerprint density at radius 2 is 2.12 bits per heavy atom. The molecule has 0 radical (unpaired) electrons. The second kappa shape index (κ2) is 6.09. The number of hydrogen-bond acceptors (Lipinski definition) is 2. The second-order valence-electron chi connectivity index (χ2n) is 4.93. The molecule has 0 saturated carbocycles. The van der Waals surface area contributed by atoms with E-state index in [0.29, 0.717) is 0 Å². The molecule has 1 atom stereocenters. The Labute approximate surface area is 97.8 Å². The summed E-state index contributed by atoms with van der Waals surface area (Å²) in [7, 11) is 0. The van der Waals surface area contributed by atoms with Gasteiger partial charge in [-0.2, -0.15) is 0 Å². The van der Waals surface area contributed by atoms with Crippen molar-refractivity contribution in [1.82, 2.24) is 15.5 Å². The zero-order valence-electron chi connectivity index (χ0n) is 10.0. The van der Waals surface area contributed by atoms with Crippen LogP contribution in [0.4, 0.5) is 4.79 Å². The van der Waals surface area contributed by atoms with Crippen LogP contribution >= 0.6 is 0 Å². The zero-order valence-corrected chi connectivity index (χ0v) is 10.0. The van der Waals surface area contributed by atoms with Crippen LogP contribution in [-0.2, 0) is 0 Å². The van der Waals surface area contributed by atoms with Crippen LogP contribution in [0.25, 0.3) is 0 Å². The summed E-state index contributed by atoms with van der Waals surface area (Å²) < 4.78 is 0. The van der Waals surface area contributed by atoms with Gasteiger partial charge in [-0.1, -0.05) is 0 Å². The number of nitrogens with one attached hydrogen (secondary N) is 2. The largest absolute Gasteiger partial charge is 0.338 e. The monoisotopic (exact) mass is 225 g/mol. The van der Waals surface area contributed by atoms with Crippen LogP contribution in [0.5, 0.6) is 0 Å². The van der Waals surface area contributed by atoms with Crippen LogP contribution in [0, 0.1) is 5.92 Å². The number of urea groups is 1. The number of carbonyl (C=O) groups excluding carboxylic acids is 1. The van der Waals surface area contributed by atoms with Gasteiger partial charge in [-0.3, -0.25) is 0 Å². The summed E-state index contributed by atoms with van der Waals surface area (Å²) in [5.41, 5.74) is 0. The maximum atomic E-state index is 11.7. The molecule has 2 N–H and O–H groups in total. The zero-order chi connectivity index (χ0) is 11.2. The van der Waals surface area contributed by atoms with Crippen LogP contribution in [0.1, 0.15) is 32.1 Å². The molecule has 4 heteroatoms. The maximum absolute atomic E-state index is 11.7. The molecular weight excluding hydrogens is 202 g/mol. The Morgan fingerprint density at radius 3 is 2.81 bits per heavy atom. The molecule has 0 aromatic heterocycles. The summed E-state index contributed by atoms with van der Waals surface area (Å²) >= 11 is 0. The van der Waals surface area contributed by atoms with Gasteiger partial charge in [0.05, 0.1) is 0 Å². The van der Waals surface area contributed by atoms with Crippen LogP contribution in [-0.4, -0.2) is 43.7 Å². The fourth-order valence-electron chi connectivity index (χ4n) is 2.59. The Kier molecular flexibility index (Phi) is 4.45. The summed E-state index contributed by atoms with van der Waals surface area (Å²) in [5, 5.41) is 6.44. The number of rotatable bonds is 3. The van der Waals surface area contributed by atoms with E-state index in [1.54, 1.807) is 0 Å². The van der Waals surface area contributed by atoms with Crippen LogP contribution < -0.4 is 10.6 Å². The molecule has 2 rings (SSSR count). The van der Waals surface area contributed by atoms with Gasteiger partial charge in [-0.05, 0) is 51.1 Å². The third-order valence-electron chi connectivity index (χ3n) is 3.62. The summed E-state index contributed by atoms with van der Waals surface area (Å²) in [5.74, 6) is 0.757. The molecule has 2 fully saturated rings. The average molecular weight is 225 g/mol. The molecule has 2 aliphatic rings. The van der Waals surface area contributed by atoms with Gasteiger partial charge in [-0.15, -0.1) is 0 Å². The third kappa shape index (κ3) is 3.37. The lowest BCUT2D eigenvalue weighted by molar-refractivity contribution is 0.207. The van der Waals surface area contributed by atoms with Gasteiger partial charge in [0.15, 0.2) is 0 Å². The van der Waals surface area contributed by atoms with Crippen molar-refractivity contribution in [2.75, 3.05) is 32.7 Å². The van der Waals surface area contributed by atoms with Gasteiger partial charge in [0.25, 0.3) is 0 Å². The number of hydrogen-bond donors (Lipinski definition) is 2. The van der Waals surface area contributed by atoms with Crippen molar-refractivity contribution < 1.29 is 4.79 Å². The first-order valence-electron chi connectivity index (χ1n) is 6.60. The molecule has 0 aromatic rings. The summed E-state index contributed by atoms with van der Waals surface area (Å²) in [6.07, 6.45) is 6.05. The van der Waals surface area contributed by atoms with Crippen molar-refractivity contribution >= 4 is 6.03 Å². The smallest absolute Gasteiger partial charge is 0.317 e. The first-order valence-corrected chi connectivity index (χ1v) is 6.60. The maximum Gasteiger partial charge on any atom is 0.317 e. The molecule has 0 spiro atoms. The molecular formula is C12H23N3O. The van der Waals surface area contributed by atoms with Crippen molar-refractivity contribution in [1.29, 1.82) is 0 Å². The lowest BCUT2D eigenvalue weighted by Crippen LogP contribution is -2.39. The molecule has 2 heterocycles. The van der Waals surface area contributed by atoms with Crippen LogP contribution in [0.15, 0.2) is 0 Å². The van der Waals surface area contributed by atoms with E-state index < -0.39 is 0 Å². The van der Waals surface area contributed by atoms with E-state index in [0.717, 1.165) is 45.1 Å². The molecule has 4 nitrogen and oxygen atoms in total. The molecule has 0 aromatic carbocycles. The number of amides is 2. The van der Waals surface area contributed by atoms with E-state index in [9.17, 15) is 4.79 Å². The number of piperidine rings is 1. The van der Waals surface area contributed by atoms with Crippen molar-refractivity contribution in [3.63, 3.8) is 0 Å². The Hall–Kier alpha value is -0.770. The van der Waals surface area contributed by atoms with Gasteiger partial charge in [0, 0.05) is 19.6 Å². The molecule has 16 heavy (non-hydrogen) atoms. The molecule has 1 unspecified atom stereocenters. The standard InChI is InChI=1S/C12H23N3O/c16-12(15-8-1-2-9-15)14-7-5-11-4-3-6-13-10-11/h11,13H,1-10H2,(H,14,16). The first kappa shape index (κ1) is 11.7. The van der Waals surface area contributed by atoms with Crippen molar-refractivity contribution in [3.05, 3.63) is 0 Å². The Balaban J connectivity index is 1.57. The van der Waals surface area contributed by atoms with E-state index in [2.05, 4.69) is 10.6 Å². The quantitative estimate of drug-likeness (QED) is 0.757. The minimum atomic E-state index is 0.140. The number of carbonyl (C=O) groups is 1. The first-order chi connectivity index (χ1) is 7.86. The predicted octanol–water partition coefficient (Wildman–Crippen LogP) is 1.18. The minimum absolute atomic E-state index is 0.140. The molecule has 2 amide bonds. The van der Waals surface area contributed by atoms with Crippen LogP contribution in [0.2, 0.25) is 0 Å². The fourth-order valence-corrected chi connectivity index (χ4v) is 2.59. The van der Waals surface area contributed by atoms with Gasteiger partial charge < -0.3 is 15.5 Å². The second-order valence-corrected chi connectivity index (χ2v) is 4.93. The molecule has 92 valence electrons. The van der Waals surface area contributed by atoms with E-state index in [4.69, 9.17) is 0 Å². The topological polar surface area (TPSA) is 44.4 Å². The van der Waals surface area contributed by atoms with Crippen molar-refractivity contribution in [2.24, 2.45) is 5.92 Å². The van der Waals surface area contributed by atoms with Gasteiger partial charge in [0.2, 0.25) is 0 Å². The fraction of sp³-hybridized carbons (Fsp3) is 0.917. The predicted molar refractivity (Wildman–Crippen MR) is 64.4 cm³/mol. The molecule has 2 saturated heterocycles. The summed E-state index contributed by atoms with van der Waals surface area (Å²) in [4.78, 5) is 13.6. The molecule has 2 aliphatic heterocycles. The average Bonchev–Trinajstić information content (AvgIpc) is 2.84. The van der Waals surface area contributed by atoms with E-state index in [1.165, 1.54) is 25.7 Å². The number of likely N-dealkylation sites (tertiary alicyclic amines) is 1.